The first-order valence-corrected chi connectivity index (χ1v) is 11.6. The van der Waals surface area contributed by atoms with E-state index < -0.39 is 33.8 Å². The third-order valence-corrected chi connectivity index (χ3v) is 7.50. The maximum absolute atomic E-state index is 12.7. The fourth-order valence-electron chi connectivity index (χ4n) is 3.73. The van der Waals surface area contributed by atoms with Gasteiger partial charge in [-0.3, -0.25) is 19.3 Å². The molecule has 1 saturated heterocycles. The van der Waals surface area contributed by atoms with E-state index in [1.807, 2.05) is 6.92 Å². The predicted octanol–water partition coefficient (Wildman–Crippen LogP) is 1.38. The van der Waals surface area contributed by atoms with Gasteiger partial charge in [0.1, 0.15) is 6.04 Å². The zero-order valence-corrected chi connectivity index (χ0v) is 17.6. The smallest absolute Gasteiger partial charge is 0.262 e. The van der Waals surface area contributed by atoms with Gasteiger partial charge in [-0.2, -0.15) is 0 Å². The van der Waals surface area contributed by atoms with Gasteiger partial charge in [-0.25, -0.2) is 12.7 Å². The SMILES string of the molecule is CCCCS(=O)(=O)N1CCC(NC(=O)C(C)N2C(=O)c3ccccc3C2=O)CC1. The molecule has 9 heteroatoms. The number of carbonyl (C=O) groups is 3. The number of sulfonamides is 1. The van der Waals surface area contributed by atoms with Crippen molar-refractivity contribution in [2.45, 2.75) is 51.6 Å². The number of carbonyl (C=O) groups excluding carboxylic acids is 3. The molecule has 1 fully saturated rings. The Hall–Kier alpha value is -2.26. The van der Waals surface area contributed by atoms with Crippen LogP contribution in [-0.4, -0.2) is 66.3 Å². The Balaban J connectivity index is 1.57. The molecule has 0 aromatic heterocycles. The maximum atomic E-state index is 12.7. The van der Waals surface area contributed by atoms with Crippen LogP contribution >= 0.6 is 0 Å². The predicted molar refractivity (Wildman–Crippen MR) is 108 cm³/mol. The van der Waals surface area contributed by atoms with Crippen LogP contribution < -0.4 is 5.32 Å². The first kappa shape index (κ1) is 21.4. The van der Waals surface area contributed by atoms with E-state index in [4.69, 9.17) is 0 Å². The molecule has 8 nitrogen and oxygen atoms in total. The van der Waals surface area contributed by atoms with E-state index in [0.717, 1.165) is 11.3 Å². The number of hydrogen-bond acceptors (Lipinski definition) is 5. The quantitative estimate of drug-likeness (QED) is 0.670. The summed E-state index contributed by atoms with van der Waals surface area (Å²) in [4.78, 5) is 38.7. The summed E-state index contributed by atoms with van der Waals surface area (Å²) in [6.45, 7) is 4.20. The van der Waals surface area contributed by atoms with Gasteiger partial charge in [0.25, 0.3) is 11.8 Å². The molecule has 2 aliphatic heterocycles. The standard InChI is InChI=1S/C20H27N3O5S/c1-3-4-13-29(27,28)22-11-9-15(10-12-22)21-18(24)14(2)23-19(25)16-7-5-6-8-17(16)20(23)26/h5-8,14-15H,3-4,9-13H2,1-2H3,(H,21,24). The lowest BCUT2D eigenvalue weighted by Crippen LogP contribution is -2.53. The van der Waals surface area contributed by atoms with Crippen LogP contribution in [-0.2, 0) is 14.8 Å². The molecule has 1 unspecified atom stereocenters. The fraction of sp³-hybridized carbons (Fsp3) is 0.550. The maximum Gasteiger partial charge on any atom is 0.262 e. The Morgan fingerprint density at radius 2 is 1.69 bits per heavy atom. The lowest BCUT2D eigenvalue weighted by molar-refractivity contribution is -0.125. The lowest BCUT2D eigenvalue weighted by atomic mass is 10.1. The van der Waals surface area contributed by atoms with Crippen molar-refractivity contribution >= 4 is 27.7 Å². The largest absolute Gasteiger partial charge is 0.351 e. The molecule has 3 amide bonds. The zero-order chi connectivity index (χ0) is 21.2. The molecule has 29 heavy (non-hydrogen) atoms. The Kier molecular flexibility index (Phi) is 6.38. The number of fused-ring (bicyclic) bond motifs is 1. The third kappa shape index (κ3) is 4.35. The number of piperidine rings is 1. The summed E-state index contributed by atoms with van der Waals surface area (Å²) in [5, 5.41) is 2.87. The summed E-state index contributed by atoms with van der Waals surface area (Å²) in [5.74, 6) is -1.20. The molecule has 1 aromatic rings. The van der Waals surface area contributed by atoms with Crippen molar-refractivity contribution in [3.8, 4) is 0 Å². The van der Waals surface area contributed by atoms with Crippen molar-refractivity contribution in [3.63, 3.8) is 0 Å². The molecule has 0 radical (unpaired) electrons. The monoisotopic (exact) mass is 421 g/mol. The van der Waals surface area contributed by atoms with Crippen molar-refractivity contribution in [1.29, 1.82) is 0 Å². The van der Waals surface area contributed by atoms with Crippen LogP contribution in [0, 0.1) is 0 Å². The number of unbranched alkanes of at least 4 members (excludes halogenated alkanes) is 1. The minimum Gasteiger partial charge on any atom is -0.351 e. The molecule has 1 N–H and O–H groups in total. The van der Waals surface area contributed by atoms with Gasteiger partial charge in [-0.1, -0.05) is 25.5 Å². The second-order valence-electron chi connectivity index (χ2n) is 7.55. The first-order valence-electron chi connectivity index (χ1n) is 10.0. The molecular formula is C20H27N3O5S. The van der Waals surface area contributed by atoms with Crippen molar-refractivity contribution in [1.82, 2.24) is 14.5 Å². The summed E-state index contributed by atoms with van der Waals surface area (Å²) in [6.07, 6.45) is 2.47. The van der Waals surface area contributed by atoms with E-state index in [9.17, 15) is 22.8 Å². The highest BCUT2D eigenvalue weighted by Crippen LogP contribution is 2.25. The van der Waals surface area contributed by atoms with Crippen molar-refractivity contribution < 1.29 is 22.8 Å². The van der Waals surface area contributed by atoms with E-state index in [-0.39, 0.29) is 11.8 Å². The van der Waals surface area contributed by atoms with E-state index in [1.54, 1.807) is 24.3 Å². The van der Waals surface area contributed by atoms with Crippen LogP contribution in [0.25, 0.3) is 0 Å². The van der Waals surface area contributed by atoms with Gasteiger partial charge in [0.05, 0.1) is 16.9 Å². The van der Waals surface area contributed by atoms with Crippen LogP contribution in [0.15, 0.2) is 24.3 Å². The molecule has 0 bridgehead atoms. The van der Waals surface area contributed by atoms with Gasteiger partial charge in [-0.05, 0) is 38.3 Å². The van der Waals surface area contributed by atoms with Crippen molar-refractivity contribution in [2.24, 2.45) is 0 Å². The molecule has 158 valence electrons. The van der Waals surface area contributed by atoms with Crippen LogP contribution in [0.1, 0.15) is 60.2 Å². The highest BCUT2D eigenvalue weighted by atomic mass is 32.2. The zero-order valence-electron chi connectivity index (χ0n) is 16.8. The number of hydrogen-bond donors (Lipinski definition) is 1. The average molecular weight is 422 g/mol. The van der Waals surface area contributed by atoms with Gasteiger partial charge in [0.2, 0.25) is 15.9 Å². The van der Waals surface area contributed by atoms with E-state index in [1.165, 1.54) is 11.2 Å². The van der Waals surface area contributed by atoms with Crippen LogP contribution in [0.2, 0.25) is 0 Å². The molecule has 1 atom stereocenters. The van der Waals surface area contributed by atoms with Crippen molar-refractivity contribution in [2.75, 3.05) is 18.8 Å². The first-order chi connectivity index (χ1) is 13.8. The minimum absolute atomic E-state index is 0.150. The van der Waals surface area contributed by atoms with Crippen LogP contribution in [0.5, 0.6) is 0 Å². The van der Waals surface area contributed by atoms with E-state index in [2.05, 4.69) is 5.32 Å². The van der Waals surface area contributed by atoms with Crippen LogP contribution in [0.3, 0.4) is 0 Å². The number of nitrogens with zero attached hydrogens (tertiary/aromatic N) is 2. The van der Waals surface area contributed by atoms with E-state index >= 15 is 0 Å². The fourth-order valence-corrected chi connectivity index (χ4v) is 5.41. The van der Waals surface area contributed by atoms with Gasteiger partial charge < -0.3 is 5.32 Å². The number of nitrogens with one attached hydrogen (secondary N) is 1. The van der Waals surface area contributed by atoms with Gasteiger partial charge >= 0.3 is 0 Å². The number of benzene rings is 1. The number of amides is 3. The van der Waals surface area contributed by atoms with Crippen LogP contribution in [0.4, 0.5) is 0 Å². The second-order valence-corrected chi connectivity index (χ2v) is 9.64. The Morgan fingerprint density at radius 3 is 2.21 bits per heavy atom. The molecule has 3 rings (SSSR count). The summed E-state index contributed by atoms with van der Waals surface area (Å²) in [5.41, 5.74) is 0.616. The average Bonchev–Trinajstić information content (AvgIpc) is 2.97. The molecular weight excluding hydrogens is 394 g/mol. The van der Waals surface area contributed by atoms with Gasteiger partial charge in [-0.15, -0.1) is 0 Å². The summed E-state index contributed by atoms with van der Waals surface area (Å²) >= 11 is 0. The molecule has 1 aromatic carbocycles. The highest BCUT2D eigenvalue weighted by molar-refractivity contribution is 7.89. The highest BCUT2D eigenvalue weighted by Gasteiger charge is 2.41. The summed E-state index contributed by atoms with van der Waals surface area (Å²) in [6, 6.07) is 5.40. The third-order valence-electron chi connectivity index (χ3n) is 5.54. The van der Waals surface area contributed by atoms with Gasteiger partial charge in [0, 0.05) is 19.1 Å². The number of imide groups is 1. The minimum atomic E-state index is -3.25. The second kappa shape index (κ2) is 8.62. The summed E-state index contributed by atoms with van der Waals surface area (Å²) < 4.78 is 26.1. The Bertz CT molecular complexity index is 871. The lowest BCUT2D eigenvalue weighted by Gasteiger charge is -2.32. The molecule has 0 spiro atoms. The normalized spacial score (nSPS) is 19.3. The van der Waals surface area contributed by atoms with E-state index in [0.29, 0.717) is 43.5 Å². The summed E-state index contributed by atoms with van der Waals surface area (Å²) in [7, 11) is -3.25. The molecule has 0 saturated carbocycles. The molecule has 0 aliphatic carbocycles. The Labute approximate surface area is 171 Å². The topological polar surface area (TPSA) is 104 Å². The van der Waals surface area contributed by atoms with Gasteiger partial charge in [0.15, 0.2) is 0 Å². The Morgan fingerprint density at radius 1 is 1.14 bits per heavy atom. The molecule has 2 heterocycles. The molecule has 2 aliphatic rings. The van der Waals surface area contributed by atoms with Crippen molar-refractivity contribution in [3.05, 3.63) is 35.4 Å². The number of rotatable bonds is 7.